The molecule has 0 spiro atoms. The first-order valence-electron chi connectivity index (χ1n) is 7.79. The van der Waals surface area contributed by atoms with Crippen molar-refractivity contribution >= 4 is 80.3 Å². The molecule has 0 aliphatic heterocycles. The molecule has 0 saturated heterocycles. The minimum atomic E-state index is -3.40. The summed E-state index contributed by atoms with van der Waals surface area (Å²) in [5.41, 5.74) is 12.3. The van der Waals surface area contributed by atoms with Crippen molar-refractivity contribution < 1.29 is 12.8 Å². The zero-order valence-corrected chi connectivity index (χ0v) is 20.6. The maximum atomic E-state index is 13.7. The quantitative estimate of drug-likeness (QED) is 0.306. The van der Waals surface area contributed by atoms with Crippen LogP contribution in [0.5, 0.6) is 0 Å². The highest BCUT2D eigenvalue weighted by atomic mass is 35.5. The van der Waals surface area contributed by atoms with Crippen molar-refractivity contribution in [2.24, 2.45) is 11.5 Å². The standard InChI is InChI=1S/C17H19FN4O2S4.2ClH/c1-28(23,24)13-4-2-10(8-25-16(19)20)15(7-13)27-14-5-3-12(18)6-11(14)9-26-17(21)22;;/h2-7H,8-9H2,1H3,(H3,19,20)(H3,21,22);2*1H. The lowest BCUT2D eigenvalue weighted by atomic mass is 10.2. The van der Waals surface area contributed by atoms with Gasteiger partial charge in [0.25, 0.3) is 0 Å². The van der Waals surface area contributed by atoms with Crippen molar-refractivity contribution in [3.63, 3.8) is 0 Å². The van der Waals surface area contributed by atoms with Gasteiger partial charge in [0.1, 0.15) is 5.82 Å². The molecule has 13 heteroatoms. The third-order valence-electron chi connectivity index (χ3n) is 3.48. The molecule has 0 heterocycles. The number of hydrogen-bond donors (Lipinski definition) is 4. The molecule has 0 unspecified atom stereocenters. The van der Waals surface area contributed by atoms with Gasteiger partial charge in [0.05, 0.1) is 4.90 Å². The van der Waals surface area contributed by atoms with Crippen molar-refractivity contribution in [2.45, 2.75) is 26.2 Å². The summed E-state index contributed by atoms with van der Waals surface area (Å²) in [4.78, 5) is 1.58. The summed E-state index contributed by atoms with van der Waals surface area (Å²) in [6.07, 6.45) is 1.13. The van der Waals surface area contributed by atoms with E-state index in [1.54, 1.807) is 18.2 Å². The highest BCUT2D eigenvalue weighted by molar-refractivity contribution is 8.13. The molecule has 6 nitrogen and oxygen atoms in total. The van der Waals surface area contributed by atoms with Crippen LogP contribution in [0.3, 0.4) is 0 Å². The van der Waals surface area contributed by atoms with Crippen LogP contribution in [0.25, 0.3) is 0 Å². The van der Waals surface area contributed by atoms with Crippen molar-refractivity contribution in [1.29, 1.82) is 10.8 Å². The van der Waals surface area contributed by atoms with E-state index in [-0.39, 0.29) is 40.0 Å². The molecule has 30 heavy (non-hydrogen) atoms. The van der Waals surface area contributed by atoms with E-state index in [1.807, 2.05) is 0 Å². The first-order chi connectivity index (χ1) is 13.1. The SMILES string of the molecule is CS(=O)(=O)c1ccc(CSC(=N)N)c(Sc2ccc(F)cc2CSC(=N)N)c1.Cl.Cl. The number of thioether (sulfide) groups is 2. The van der Waals surface area contributed by atoms with E-state index in [9.17, 15) is 12.8 Å². The molecule has 6 N–H and O–H groups in total. The van der Waals surface area contributed by atoms with Crippen LogP contribution in [0.1, 0.15) is 11.1 Å². The number of amidine groups is 2. The van der Waals surface area contributed by atoms with Gasteiger partial charge in [-0.05, 0) is 41.5 Å². The second-order valence-corrected chi connectivity index (χ2v) is 10.8. The summed E-state index contributed by atoms with van der Waals surface area (Å²) in [7, 11) is -3.40. The third-order valence-corrected chi connectivity index (χ3v) is 7.34. The molecule has 0 aromatic heterocycles. The predicted molar refractivity (Wildman–Crippen MR) is 131 cm³/mol. The van der Waals surface area contributed by atoms with Crippen LogP contribution < -0.4 is 11.5 Å². The van der Waals surface area contributed by atoms with E-state index in [2.05, 4.69) is 0 Å². The van der Waals surface area contributed by atoms with Crippen molar-refractivity contribution in [1.82, 2.24) is 0 Å². The molecule has 0 saturated carbocycles. The predicted octanol–water partition coefficient (Wildman–Crippen LogP) is 4.48. The van der Waals surface area contributed by atoms with Gasteiger partial charge >= 0.3 is 0 Å². The highest BCUT2D eigenvalue weighted by Gasteiger charge is 2.15. The molecular weight excluding hydrogens is 510 g/mol. The van der Waals surface area contributed by atoms with E-state index in [0.717, 1.165) is 40.2 Å². The number of benzene rings is 2. The molecule has 0 radical (unpaired) electrons. The second kappa shape index (κ2) is 12.7. The van der Waals surface area contributed by atoms with Crippen LogP contribution >= 0.6 is 60.1 Å². The van der Waals surface area contributed by atoms with Crippen molar-refractivity contribution in [3.05, 3.63) is 53.3 Å². The fourth-order valence-corrected chi connectivity index (χ4v) is 5.28. The van der Waals surface area contributed by atoms with Gasteiger partial charge < -0.3 is 11.5 Å². The number of hydrogen-bond acceptors (Lipinski definition) is 7. The fourth-order valence-electron chi connectivity index (χ4n) is 2.17. The van der Waals surface area contributed by atoms with Gasteiger partial charge in [-0.3, -0.25) is 10.8 Å². The van der Waals surface area contributed by atoms with E-state index >= 15 is 0 Å². The minimum Gasteiger partial charge on any atom is -0.379 e. The lowest BCUT2D eigenvalue weighted by molar-refractivity contribution is 0.601. The Kier molecular flexibility index (Phi) is 12.2. The summed E-state index contributed by atoms with van der Waals surface area (Å²) >= 11 is 3.52. The lowest BCUT2D eigenvalue weighted by Gasteiger charge is -2.13. The molecule has 0 atom stereocenters. The van der Waals surface area contributed by atoms with Crippen LogP contribution in [-0.2, 0) is 21.3 Å². The first kappa shape index (κ1) is 28.9. The molecule has 2 aromatic carbocycles. The Balaban J connectivity index is 0.00000420. The summed E-state index contributed by atoms with van der Waals surface area (Å²) in [6.45, 7) is 0. The summed E-state index contributed by atoms with van der Waals surface area (Å²) < 4.78 is 37.6. The fraction of sp³-hybridized carbons (Fsp3) is 0.176. The summed E-state index contributed by atoms with van der Waals surface area (Å²) in [6, 6.07) is 9.11. The largest absolute Gasteiger partial charge is 0.379 e. The zero-order valence-electron chi connectivity index (χ0n) is 15.7. The van der Waals surface area contributed by atoms with Crippen LogP contribution in [0, 0.1) is 16.6 Å². The van der Waals surface area contributed by atoms with E-state index in [4.69, 9.17) is 22.3 Å². The van der Waals surface area contributed by atoms with Gasteiger partial charge in [-0.15, -0.1) is 24.8 Å². The van der Waals surface area contributed by atoms with Gasteiger partial charge in [-0.25, -0.2) is 12.8 Å². The van der Waals surface area contributed by atoms with Gasteiger partial charge in [0.15, 0.2) is 20.2 Å². The Morgan fingerprint density at radius 1 is 0.933 bits per heavy atom. The Bertz CT molecular complexity index is 1020. The molecule has 0 amide bonds. The second-order valence-electron chi connectivity index (χ2n) is 5.70. The summed E-state index contributed by atoms with van der Waals surface area (Å²) in [5.74, 6) is 0.319. The topological polar surface area (TPSA) is 134 Å². The molecule has 2 rings (SSSR count). The average Bonchev–Trinajstić information content (AvgIpc) is 2.59. The maximum absolute atomic E-state index is 13.7. The number of sulfone groups is 1. The highest BCUT2D eigenvalue weighted by Crippen LogP contribution is 2.37. The normalized spacial score (nSPS) is 10.6. The van der Waals surface area contributed by atoms with E-state index in [0.29, 0.717) is 22.0 Å². The van der Waals surface area contributed by atoms with Crippen molar-refractivity contribution in [2.75, 3.05) is 6.26 Å². The van der Waals surface area contributed by atoms with Crippen LogP contribution in [0.15, 0.2) is 51.1 Å². The number of nitrogens with two attached hydrogens (primary N) is 2. The number of rotatable bonds is 7. The zero-order chi connectivity index (χ0) is 20.9. The molecule has 2 aromatic rings. The Morgan fingerprint density at radius 2 is 1.50 bits per heavy atom. The van der Waals surface area contributed by atoms with E-state index < -0.39 is 15.7 Å². The molecular formula is C17H21Cl2FN4O2S4. The minimum absolute atomic E-state index is 0. The van der Waals surface area contributed by atoms with Gasteiger partial charge in [-0.1, -0.05) is 41.4 Å². The number of halogens is 3. The average molecular weight is 532 g/mol. The molecule has 166 valence electrons. The monoisotopic (exact) mass is 530 g/mol. The van der Waals surface area contributed by atoms with Crippen molar-refractivity contribution in [3.8, 4) is 0 Å². The lowest BCUT2D eigenvalue weighted by Crippen LogP contribution is -2.05. The molecule has 0 bridgehead atoms. The molecule has 0 aliphatic rings. The first-order valence-corrected chi connectivity index (χ1v) is 12.5. The van der Waals surface area contributed by atoms with Gasteiger partial charge in [-0.2, -0.15) is 0 Å². The smallest absolute Gasteiger partial charge is 0.175 e. The molecule has 0 fully saturated rings. The van der Waals surface area contributed by atoms with Gasteiger partial charge in [0.2, 0.25) is 0 Å². The van der Waals surface area contributed by atoms with Crippen LogP contribution in [0.2, 0.25) is 0 Å². The Labute approximate surface area is 200 Å². The Hall–Kier alpha value is -1.11. The number of nitrogens with one attached hydrogen (secondary N) is 2. The maximum Gasteiger partial charge on any atom is 0.175 e. The molecule has 0 aliphatic carbocycles. The summed E-state index contributed by atoms with van der Waals surface area (Å²) in [5, 5.41) is 14.6. The van der Waals surface area contributed by atoms with Crippen LogP contribution in [0.4, 0.5) is 4.39 Å². The Morgan fingerprint density at radius 3 is 2.03 bits per heavy atom. The van der Waals surface area contributed by atoms with Crippen LogP contribution in [-0.4, -0.2) is 25.0 Å². The van der Waals surface area contributed by atoms with E-state index in [1.165, 1.54) is 30.0 Å². The third kappa shape index (κ3) is 8.94. The van der Waals surface area contributed by atoms with Gasteiger partial charge in [0, 0.05) is 27.6 Å².